The first-order chi connectivity index (χ1) is 9.03. The van der Waals surface area contributed by atoms with E-state index in [-0.39, 0.29) is 12.1 Å². The quantitative estimate of drug-likeness (QED) is 0.811. The van der Waals surface area contributed by atoms with Gasteiger partial charge in [-0.15, -0.1) is 0 Å². The molecule has 0 spiro atoms. The summed E-state index contributed by atoms with van der Waals surface area (Å²) in [4.78, 5) is 0.342. The zero-order chi connectivity index (χ0) is 13.9. The molecular weight excluding hydrogens is 280 g/mol. The molecular formula is C13H20N2O2S2. The standard InChI is InChI=1S/C13H20N2O2S2/c1-10(9-18-2)14-12-5-3-4-6-13(12)19(16,17)15-11-7-8-11/h3-6,10-11,14-15H,7-9H2,1-2H3. The number of benzene rings is 1. The van der Waals surface area contributed by atoms with Crippen LogP contribution < -0.4 is 10.0 Å². The van der Waals surface area contributed by atoms with Crippen LogP contribution >= 0.6 is 11.8 Å². The van der Waals surface area contributed by atoms with E-state index >= 15 is 0 Å². The SMILES string of the molecule is CSCC(C)Nc1ccccc1S(=O)(=O)NC1CC1. The Morgan fingerprint density at radius 3 is 2.68 bits per heavy atom. The molecule has 2 N–H and O–H groups in total. The van der Waals surface area contributed by atoms with Gasteiger partial charge in [0.15, 0.2) is 0 Å². The topological polar surface area (TPSA) is 58.2 Å². The summed E-state index contributed by atoms with van der Waals surface area (Å²) in [6, 6.07) is 7.43. The minimum atomic E-state index is -3.41. The minimum Gasteiger partial charge on any atom is -0.381 e. The van der Waals surface area contributed by atoms with Crippen LogP contribution in [0.25, 0.3) is 0 Å². The van der Waals surface area contributed by atoms with Gasteiger partial charge in [0.25, 0.3) is 0 Å². The first kappa shape index (κ1) is 14.7. The van der Waals surface area contributed by atoms with E-state index in [0.29, 0.717) is 10.6 Å². The van der Waals surface area contributed by atoms with Gasteiger partial charge in [-0.3, -0.25) is 0 Å². The van der Waals surface area contributed by atoms with Crippen molar-refractivity contribution in [1.82, 2.24) is 4.72 Å². The van der Waals surface area contributed by atoms with Gasteiger partial charge in [-0.05, 0) is 38.2 Å². The van der Waals surface area contributed by atoms with Gasteiger partial charge in [0, 0.05) is 17.8 Å². The lowest BCUT2D eigenvalue weighted by Crippen LogP contribution is -2.27. The predicted octanol–water partition coefficient (Wildman–Crippen LogP) is 2.29. The molecule has 0 bridgehead atoms. The van der Waals surface area contributed by atoms with Crippen molar-refractivity contribution in [2.45, 2.75) is 36.7 Å². The van der Waals surface area contributed by atoms with Crippen molar-refractivity contribution in [3.05, 3.63) is 24.3 Å². The molecule has 1 aliphatic rings. The van der Waals surface area contributed by atoms with E-state index in [1.54, 1.807) is 23.9 Å². The fourth-order valence-electron chi connectivity index (χ4n) is 1.86. The average molecular weight is 300 g/mol. The molecule has 106 valence electrons. The summed E-state index contributed by atoms with van der Waals surface area (Å²) >= 11 is 1.74. The monoisotopic (exact) mass is 300 g/mol. The first-order valence-corrected chi connectivity index (χ1v) is 9.27. The summed E-state index contributed by atoms with van der Waals surface area (Å²) in [7, 11) is -3.41. The van der Waals surface area contributed by atoms with Gasteiger partial charge in [0.2, 0.25) is 10.0 Å². The number of sulfonamides is 1. The van der Waals surface area contributed by atoms with Crippen LogP contribution in [0.3, 0.4) is 0 Å². The van der Waals surface area contributed by atoms with Gasteiger partial charge in [-0.25, -0.2) is 13.1 Å². The van der Waals surface area contributed by atoms with Gasteiger partial charge in [0.05, 0.1) is 5.69 Å². The third-order valence-corrected chi connectivity index (χ3v) is 5.31. The van der Waals surface area contributed by atoms with Gasteiger partial charge >= 0.3 is 0 Å². The largest absolute Gasteiger partial charge is 0.381 e. The summed E-state index contributed by atoms with van der Waals surface area (Å²) in [5, 5.41) is 3.27. The second-order valence-corrected chi connectivity index (χ2v) is 7.49. The van der Waals surface area contributed by atoms with E-state index in [0.717, 1.165) is 18.6 Å². The number of hydrogen-bond acceptors (Lipinski definition) is 4. The van der Waals surface area contributed by atoms with Gasteiger partial charge < -0.3 is 5.32 Å². The molecule has 0 aromatic heterocycles. The van der Waals surface area contributed by atoms with Crippen LogP contribution in [-0.2, 0) is 10.0 Å². The molecule has 2 rings (SSSR count). The summed E-state index contributed by atoms with van der Waals surface area (Å²) in [6.45, 7) is 2.05. The highest BCUT2D eigenvalue weighted by Crippen LogP contribution is 2.26. The Balaban J connectivity index is 2.19. The Morgan fingerprint density at radius 1 is 1.37 bits per heavy atom. The number of nitrogens with one attached hydrogen (secondary N) is 2. The molecule has 0 saturated heterocycles. The molecule has 1 aromatic rings. The van der Waals surface area contributed by atoms with E-state index in [9.17, 15) is 8.42 Å². The third kappa shape index (κ3) is 4.12. The zero-order valence-corrected chi connectivity index (χ0v) is 12.9. The van der Waals surface area contributed by atoms with Crippen LogP contribution in [0.4, 0.5) is 5.69 Å². The van der Waals surface area contributed by atoms with Crippen LogP contribution in [0.5, 0.6) is 0 Å². The molecule has 1 aliphatic carbocycles. The molecule has 19 heavy (non-hydrogen) atoms. The molecule has 1 saturated carbocycles. The van der Waals surface area contributed by atoms with E-state index in [1.165, 1.54) is 0 Å². The molecule has 6 heteroatoms. The van der Waals surface area contributed by atoms with Crippen molar-refractivity contribution in [1.29, 1.82) is 0 Å². The van der Waals surface area contributed by atoms with Crippen molar-refractivity contribution in [3.63, 3.8) is 0 Å². The van der Waals surface area contributed by atoms with Crippen molar-refractivity contribution < 1.29 is 8.42 Å². The number of anilines is 1. The number of thioether (sulfide) groups is 1. The maximum Gasteiger partial charge on any atom is 0.242 e. The molecule has 1 fully saturated rings. The van der Waals surface area contributed by atoms with Gasteiger partial charge in [0.1, 0.15) is 4.90 Å². The van der Waals surface area contributed by atoms with Crippen molar-refractivity contribution >= 4 is 27.5 Å². The van der Waals surface area contributed by atoms with E-state index in [4.69, 9.17) is 0 Å². The lowest BCUT2D eigenvalue weighted by Gasteiger charge is -2.17. The van der Waals surface area contributed by atoms with Gasteiger partial charge in [-0.2, -0.15) is 11.8 Å². The Kier molecular flexibility index (Phi) is 4.76. The highest BCUT2D eigenvalue weighted by molar-refractivity contribution is 7.98. The van der Waals surface area contributed by atoms with E-state index in [1.807, 2.05) is 25.3 Å². The molecule has 0 amide bonds. The average Bonchev–Trinajstić information content (AvgIpc) is 3.13. The Hall–Kier alpha value is -0.720. The van der Waals surface area contributed by atoms with Gasteiger partial charge in [-0.1, -0.05) is 12.1 Å². The van der Waals surface area contributed by atoms with E-state index < -0.39 is 10.0 Å². The second kappa shape index (κ2) is 6.15. The maximum absolute atomic E-state index is 12.3. The predicted molar refractivity (Wildman–Crippen MR) is 81.3 cm³/mol. The molecule has 0 aliphatic heterocycles. The normalized spacial score (nSPS) is 17.2. The maximum atomic E-state index is 12.3. The lowest BCUT2D eigenvalue weighted by atomic mass is 10.3. The molecule has 1 unspecified atom stereocenters. The van der Waals surface area contributed by atoms with Crippen LogP contribution in [0.15, 0.2) is 29.2 Å². The Morgan fingerprint density at radius 2 is 2.05 bits per heavy atom. The summed E-state index contributed by atoms with van der Waals surface area (Å²) in [5.74, 6) is 0.935. The first-order valence-electron chi connectivity index (χ1n) is 6.40. The minimum absolute atomic E-state index is 0.127. The molecule has 1 atom stereocenters. The smallest absolute Gasteiger partial charge is 0.242 e. The number of rotatable bonds is 7. The van der Waals surface area contributed by atoms with Crippen LogP contribution in [-0.4, -0.2) is 32.5 Å². The summed E-state index contributed by atoms with van der Waals surface area (Å²) < 4.78 is 27.3. The number of para-hydroxylation sites is 1. The van der Waals surface area contributed by atoms with Crippen molar-refractivity contribution in [3.8, 4) is 0 Å². The molecule has 4 nitrogen and oxygen atoms in total. The third-order valence-electron chi connectivity index (χ3n) is 2.89. The Bertz CT molecular complexity index is 527. The second-order valence-electron chi connectivity index (χ2n) is 4.89. The summed E-state index contributed by atoms with van der Waals surface area (Å²) in [5.41, 5.74) is 0.678. The summed E-state index contributed by atoms with van der Waals surface area (Å²) in [6.07, 6.45) is 3.92. The lowest BCUT2D eigenvalue weighted by molar-refractivity contribution is 0.581. The number of hydrogen-bond donors (Lipinski definition) is 2. The fourth-order valence-corrected chi connectivity index (χ4v) is 3.92. The van der Waals surface area contributed by atoms with E-state index in [2.05, 4.69) is 10.0 Å². The van der Waals surface area contributed by atoms with Crippen molar-refractivity contribution in [2.24, 2.45) is 0 Å². The molecule has 0 radical (unpaired) electrons. The zero-order valence-electron chi connectivity index (χ0n) is 11.2. The Labute approximate surface area is 119 Å². The van der Waals surface area contributed by atoms with Crippen LogP contribution in [0.2, 0.25) is 0 Å². The van der Waals surface area contributed by atoms with Crippen LogP contribution in [0.1, 0.15) is 19.8 Å². The fraction of sp³-hybridized carbons (Fsp3) is 0.538. The highest BCUT2D eigenvalue weighted by Gasteiger charge is 2.29. The molecule has 1 aromatic carbocycles. The van der Waals surface area contributed by atoms with Crippen molar-refractivity contribution in [2.75, 3.05) is 17.3 Å². The van der Waals surface area contributed by atoms with Crippen LogP contribution in [0, 0.1) is 0 Å². The highest BCUT2D eigenvalue weighted by atomic mass is 32.2. The molecule has 0 heterocycles.